The third-order valence-corrected chi connectivity index (χ3v) is 3.95. The molecule has 2 aromatic rings. The normalized spacial score (nSPS) is 10.7. The van der Waals surface area contributed by atoms with Crippen LogP contribution in [0.15, 0.2) is 27.4 Å². The predicted octanol–water partition coefficient (Wildman–Crippen LogP) is 3.30. The Hall–Kier alpha value is -0.560. The van der Waals surface area contributed by atoms with Gasteiger partial charge in [-0.3, -0.25) is 0 Å². The Morgan fingerprint density at radius 2 is 2.25 bits per heavy atom. The van der Waals surface area contributed by atoms with Crippen molar-refractivity contribution < 1.29 is 9.15 Å². The Morgan fingerprint density at radius 3 is 2.88 bits per heavy atom. The van der Waals surface area contributed by atoms with Gasteiger partial charge in [0.1, 0.15) is 14.9 Å². The van der Waals surface area contributed by atoms with Crippen molar-refractivity contribution in [1.82, 2.24) is 0 Å². The van der Waals surface area contributed by atoms with Crippen LogP contribution in [0.25, 0.3) is 11.0 Å². The van der Waals surface area contributed by atoms with Gasteiger partial charge in [0, 0.05) is 16.8 Å². The second-order valence-corrected chi connectivity index (χ2v) is 4.82. The predicted molar refractivity (Wildman–Crippen MR) is 74.4 cm³/mol. The molecule has 0 saturated heterocycles. The average molecular weight is 395 g/mol. The molecule has 0 fully saturated rings. The van der Waals surface area contributed by atoms with Crippen LogP contribution in [-0.2, 0) is 5.33 Å². The Bertz CT molecular complexity index is 592. The first-order valence-electron chi connectivity index (χ1n) is 4.52. The van der Waals surface area contributed by atoms with Crippen molar-refractivity contribution in [3.05, 3.63) is 37.8 Å². The van der Waals surface area contributed by atoms with E-state index in [9.17, 15) is 4.79 Å². The molecule has 0 aliphatic heterocycles. The van der Waals surface area contributed by atoms with Crippen molar-refractivity contribution in [3.63, 3.8) is 0 Å². The molecule has 0 radical (unpaired) electrons. The summed E-state index contributed by atoms with van der Waals surface area (Å²) in [6.07, 6.45) is 0. The molecule has 16 heavy (non-hydrogen) atoms. The first-order valence-corrected chi connectivity index (χ1v) is 6.72. The highest BCUT2D eigenvalue weighted by atomic mass is 127. The molecular weight excluding hydrogens is 387 g/mol. The quantitative estimate of drug-likeness (QED) is 0.445. The maximum atomic E-state index is 11.6. The summed E-state index contributed by atoms with van der Waals surface area (Å²) in [4.78, 5) is 11.6. The Kier molecular flexibility index (Phi) is 3.53. The van der Waals surface area contributed by atoms with Crippen molar-refractivity contribution in [1.29, 1.82) is 0 Å². The van der Waals surface area contributed by atoms with Crippen LogP contribution in [0.5, 0.6) is 5.75 Å². The van der Waals surface area contributed by atoms with Crippen molar-refractivity contribution in [3.8, 4) is 5.75 Å². The summed E-state index contributed by atoms with van der Waals surface area (Å²) in [6, 6.07) is 5.47. The molecule has 0 amide bonds. The molecule has 5 heteroatoms. The van der Waals surface area contributed by atoms with Crippen molar-refractivity contribution in [2.24, 2.45) is 0 Å². The Labute approximate surface area is 114 Å². The third kappa shape index (κ3) is 1.98. The van der Waals surface area contributed by atoms with Crippen LogP contribution in [0.4, 0.5) is 0 Å². The van der Waals surface area contributed by atoms with Gasteiger partial charge in [-0.2, -0.15) is 0 Å². The van der Waals surface area contributed by atoms with Crippen LogP contribution in [0.3, 0.4) is 0 Å². The molecule has 1 aromatic carbocycles. The lowest BCUT2D eigenvalue weighted by molar-refractivity contribution is 0.414. The first-order chi connectivity index (χ1) is 7.67. The third-order valence-electron chi connectivity index (χ3n) is 2.29. The van der Waals surface area contributed by atoms with Crippen LogP contribution in [0, 0.1) is 3.57 Å². The monoisotopic (exact) mass is 394 g/mol. The van der Waals surface area contributed by atoms with Gasteiger partial charge in [-0.15, -0.1) is 0 Å². The van der Waals surface area contributed by atoms with E-state index in [0.29, 0.717) is 20.2 Å². The zero-order valence-corrected chi connectivity index (χ0v) is 12.2. The summed E-state index contributed by atoms with van der Waals surface area (Å²) >= 11 is 5.39. The van der Waals surface area contributed by atoms with E-state index < -0.39 is 0 Å². The molecule has 0 saturated carbocycles. The SMILES string of the molecule is COc1ccc2c(CBr)c(I)c(=O)oc2c1. The number of alkyl halides is 1. The summed E-state index contributed by atoms with van der Waals surface area (Å²) < 4.78 is 10.9. The van der Waals surface area contributed by atoms with Gasteiger partial charge in [-0.05, 0) is 40.3 Å². The summed E-state index contributed by atoms with van der Waals surface area (Å²) in [6.45, 7) is 0. The standard InChI is InChI=1S/C11H8BrIO3/c1-15-6-2-3-7-8(5-12)10(13)11(14)16-9(7)4-6/h2-4H,5H2,1H3. The van der Waals surface area contributed by atoms with E-state index in [1.165, 1.54) is 0 Å². The molecule has 0 unspecified atom stereocenters. The molecule has 1 heterocycles. The summed E-state index contributed by atoms with van der Waals surface area (Å²) in [5.74, 6) is 0.678. The van der Waals surface area contributed by atoms with Gasteiger partial charge >= 0.3 is 5.63 Å². The molecule has 0 bridgehead atoms. The Morgan fingerprint density at radius 1 is 1.50 bits per heavy atom. The van der Waals surface area contributed by atoms with E-state index in [1.54, 1.807) is 13.2 Å². The lowest BCUT2D eigenvalue weighted by atomic mass is 10.1. The van der Waals surface area contributed by atoms with Crippen LogP contribution in [0.1, 0.15) is 5.56 Å². The smallest absolute Gasteiger partial charge is 0.350 e. The van der Waals surface area contributed by atoms with Crippen LogP contribution >= 0.6 is 38.5 Å². The van der Waals surface area contributed by atoms with Crippen molar-refractivity contribution >= 4 is 49.5 Å². The van der Waals surface area contributed by atoms with Gasteiger partial charge in [-0.25, -0.2) is 4.79 Å². The largest absolute Gasteiger partial charge is 0.497 e. The molecule has 0 N–H and O–H groups in total. The van der Waals surface area contributed by atoms with E-state index in [0.717, 1.165) is 10.9 Å². The summed E-state index contributed by atoms with van der Waals surface area (Å²) in [7, 11) is 1.58. The fraction of sp³-hybridized carbons (Fsp3) is 0.182. The average Bonchev–Trinajstić information content (AvgIpc) is 2.30. The maximum absolute atomic E-state index is 11.6. The van der Waals surface area contributed by atoms with Crippen molar-refractivity contribution in [2.45, 2.75) is 5.33 Å². The highest BCUT2D eigenvalue weighted by molar-refractivity contribution is 14.1. The lowest BCUT2D eigenvalue weighted by Crippen LogP contribution is -2.07. The second-order valence-electron chi connectivity index (χ2n) is 3.18. The van der Waals surface area contributed by atoms with Crippen LogP contribution in [0.2, 0.25) is 0 Å². The Balaban J connectivity index is 2.85. The molecule has 0 aliphatic carbocycles. The molecule has 1 aromatic heterocycles. The van der Waals surface area contributed by atoms with E-state index in [4.69, 9.17) is 9.15 Å². The van der Waals surface area contributed by atoms with E-state index in [2.05, 4.69) is 15.9 Å². The lowest BCUT2D eigenvalue weighted by Gasteiger charge is -2.06. The minimum atomic E-state index is -0.309. The summed E-state index contributed by atoms with van der Waals surface area (Å²) in [5.41, 5.74) is 1.20. The zero-order chi connectivity index (χ0) is 11.7. The molecule has 2 rings (SSSR count). The van der Waals surface area contributed by atoms with Crippen LogP contribution < -0.4 is 10.4 Å². The molecule has 0 atom stereocenters. The second kappa shape index (κ2) is 4.75. The van der Waals surface area contributed by atoms with E-state index in [1.807, 2.05) is 34.7 Å². The van der Waals surface area contributed by atoms with Gasteiger partial charge in [-0.1, -0.05) is 15.9 Å². The minimum Gasteiger partial charge on any atom is -0.497 e. The molecule has 84 valence electrons. The van der Waals surface area contributed by atoms with Gasteiger partial charge < -0.3 is 9.15 Å². The molecule has 3 nitrogen and oxygen atoms in total. The van der Waals surface area contributed by atoms with Crippen LogP contribution in [-0.4, -0.2) is 7.11 Å². The number of fused-ring (bicyclic) bond motifs is 1. The van der Waals surface area contributed by atoms with Gasteiger partial charge in [0.05, 0.1) is 7.11 Å². The number of hydrogen-bond acceptors (Lipinski definition) is 3. The van der Waals surface area contributed by atoms with E-state index >= 15 is 0 Å². The van der Waals surface area contributed by atoms with Crippen molar-refractivity contribution in [2.75, 3.05) is 7.11 Å². The maximum Gasteiger partial charge on any atom is 0.350 e. The fourth-order valence-electron chi connectivity index (χ4n) is 1.48. The molecule has 0 aliphatic rings. The molecular formula is C11H8BrIO3. The number of ether oxygens (including phenoxy) is 1. The number of hydrogen-bond donors (Lipinski definition) is 0. The highest BCUT2D eigenvalue weighted by Crippen LogP contribution is 2.26. The van der Waals surface area contributed by atoms with Gasteiger partial charge in [0.15, 0.2) is 0 Å². The fourth-order valence-corrected chi connectivity index (χ4v) is 3.18. The first kappa shape index (κ1) is 11.9. The number of methoxy groups -OCH3 is 1. The summed E-state index contributed by atoms with van der Waals surface area (Å²) in [5, 5.41) is 1.56. The molecule has 0 spiro atoms. The zero-order valence-electron chi connectivity index (χ0n) is 8.42. The minimum absolute atomic E-state index is 0.309. The number of halogens is 2. The highest BCUT2D eigenvalue weighted by Gasteiger charge is 2.11. The van der Waals surface area contributed by atoms with Gasteiger partial charge in [0.25, 0.3) is 0 Å². The van der Waals surface area contributed by atoms with Gasteiger partial charge in [0.2, 0.25) is 0 Å². The number of benzene rings is 1. The van der Waals surface area contributed by atoms with E-state index in [-0.39, 0.29) is 5.63 Å². The topological polar surface area (TPSA) is 39.4 Å². The number of rotatable bonds is 2.